The molecule has 1 amide bonds. The van der Waals surface area contributed by atoms with Gasteiger partial charge in [-0.05, 0) is 31.2 Å². The van der Waals surface area contributed by atoms with Crippen molar-refractivity contribution < 1.29 is 22.7 Å². The highest BCUT2D eigenvalue weighted by molar-refractivity contribution is 7.92. The second-order valence-electron chi connectivity index (χ2n) is 7.34. The Balaban J connectivity index is 1.46. The van der Waals surface area contributed by atoms with Gasteiger partial charge in [0.05, 0.1) is 17.6 Å². The van der Waals surface area contributed by atoms with Crippen molar-refractivity contribution in [1.82, 2.24) is 4.98 Å². The van der Waals surface area contributed by atoms with Crippen LogP contribution in [0.1, 0.15) is 6.92 Å². The molecule has 4 rings (SSSR count). The topological polar surface area (TPSA) is 97.8 Å². The van der Waals surface area contributed by atoms with Crippen LogP contribution >= 0.6 is 11.3 Å². The molecular weight excluding hydrogens is 438 g/mol. The number of nitrogens with one attached hydrogen (secondary N) is 1. The molecule has 1 atom stereocenters. The number of aromatic nitrogens is 1. The Labute approximate surface area is 184 Å². The van der Waals surface area contributed by atoms with Crippen LogP contribution in [-0.2, 0) is 14.8 Å². The number of anilines is 2. The molecule has 31 heavy (non-hydrogen) atoms. The van der Waals surface area contributed by atoms with Gasteiger partial charge in [-0.3, -0.25) is 14.4 Å². The summed E-state index contributed by atoms with van der Waals surface area (Å²) in [4.78, 5) is 17.3. The summed E-state index contributed by atoms with van der Waals surface area (Å²) in [6, 6.07) is 14.2. The van der Waals surface area contributed by atoms with Crippen LogP contribution in [0.5, 0.6) is 11.5 Å². The van der Waals surface area contributed by atoms with E-state index >= 15 is 0 Å². The van der Waals surface area contributed by atoms with Crippen LogP contribution in [0.3, 0.4) is 0 Å². The Kier molecular flexibility index (Phi) is 5.36. The standard InChI is InChI=1S/C21H21N3O5S2/c1-21(13-28-17-6-4-5-7-18(17)29-21)19(25)23-20-22-16(12-30-20)14-8-10-15(11-9-14)24(2)31(3,26)27/h4-12H,13H2,1-3H3,(H,22,23,25). The van der Waals surface area contributed by atoms with E-state index in [9.17, 15) is 13.2 Å². The predicted octanol–water partition coefficient (Wildman–Crippen LogP) is 3.37. The molecule has 1 aliphatic heterocycles. The first kappa shape index (κ1) is 21.1. The molecule has 0 aliphatic carbocycles. The lowest BCUT2D eigenvalue weighted by atomic mass is 10.1. The SMILES string of the molecule is CN(c1ccc(-c2csc(NC(=O)C3(C)COc4ccccc4O3)n2)cc1)S(C)(=O)=O. The minimum atomic E-state index is -3.33. The Bertz CT molecular complexity index is 1220. The van der Waals surface area contributed by atoms with Crippen molar-refractivity contribution >= 4 is 38.1 Å². The number of benzene rings is 2. The van der Waals surface area contributed by atoms with Crippen LogP contribution in [0.2, 0.25) is 0 Å². The number of thiazole rings is 1. The van der Waals surface area contributed by atoms with Gasteiger partial charge in [-0.25, -0.2) is 13.4 Å². The zero-order valence-corrected chi connectivity index (χ0v) is 18.8. The van der Waals surface area contributed by atoms with Crippen molar-refractivity contribution in [2.45, 2.75) is 12.5 Å². The summed E-state index contributed by atoms with van der Waals surface area (Å²) in [5.41, 5.74) is 0.848. The number of rotatable bonds is 5. The number of fused-ring (bicyclic) bond motifs is 1. The zero-order chi connectivity index (χ0) is 22.2. The number of carbonyl (C=O) groups excluding carboxylic acids is 1. The van der Waals surface area contributed by atoms with Crippen LogP contribution in [0, 0.1) is 0 Å². The summed E-state index contributed by atoms with van der Waals surface area (Å²) in [6.45, 7) is 1.76. The first-order valence-electron chi connectivity index (χ1n) is 9.38. The van der Waals surface area contributed by atoms with Gasteiger partial charge in [0.15, 0.2) is 16.6 Å². The smallest absolute Gasteiger partial charge is 0.273 e. The average molecular weight is 460 g/mol. The third kappa shape index (κ3) is 4.35. The summed E-state index contributed by atoms with van der Waals surface area (Å²) in [7, 11) is -1.83. The van der Waals surface area contributed by atoms with Crippen molar-refractivity contribution in [1.29, 1.82) is 0 Å². The number of ether oxygens (including phenoxy) is 2. The zero-order valence-electron chi connectivity index (χ0n) is 17.2. The molecule has 1 unspecified atom stereocenters. The molecule has 0 spiro atoms. The molecule has 8 nitrogen and oxygen atoms in total. The van der Waals surface area contributed by atoms with Gasteiger partial charge in [0.2, 0.25) is 15.6 Å². The van der Waals surface area contributed by atoms with Gasteiger partial charge in [-0.15, -0.1) is 11.3 Å². The van der Waals surface area contributed by atoms with E-state index in [0.717, 1.165) is 11.8 Å². The molecule has 0 radical (unpaired) electrons. The molecule has 2 aromatic carbocycles. The van der Waals surface area contributed by atoms with E-state index in [1.165, 1.54) is 22.7 Å². The molecule has 0 bridgehead atoms. The van der Waals surface area contributed by atoms with Crippen molar-refractivity contribution in [3.63, 3.8) is 0 Å². The summed E-state index contributed by atoms with van der Waals surface area (Å²) < 4.78 is 36.1. The fourth-order valence-electron chi connectivity index (χ4n) is 2.98. The summed E-state index contributed by atoms with van der Waals surface area (Å²) >= 11 is 1.29. The second-order valence-corrected chi connectivity index (χ2v) is 10.2. The van der Waals surface area contributed by atoms with Crippen LogP contribution < -0.4 is 19.1 Å². The molecule has 0 fully saturated rings. The Morgan fingerprint density at radius 2 is 1.84 bits per heavy atom. The molecule has 0 saturated heterocycles. The van der Waals surface area contributed by atoms with Crippen molar-refractivity contribution in [3.05, 3.63) is 53.9 Å². The van der Waals surface area contributed by atoms with E-state index in [2.05, 4.69) is 10.3 Å². The maximum Gasteiger partial charge on any atom is 0.273 e. The monoisotopic (exact) mass is 459 g/mol. The Hall–Kier alpha value is -3.11. The van der Waals surface area contributed by atoms with Gasteiger partial charge in [-0.1, -0.05) is 24.3 Å². The van der Waals surface area contributed by atoms with E-state index in [1.807, 2.05) is 17.5 Å². The molecule has 1 aliphatic rings. The second kappa shape index (κ2) is 7.86. The minimum absolute atomic E-state index is 0.0867. The summed E-state index contributed by atoms with van der Waals surface area (Å²) in [6.07, 6.45) is 1.15. The van der Waals surface area contributed by atoms with Gasteiger partial charge >= 0.3 is 0 Å². The predicted molar refractivity (Wildman–Crippen MR) is 120 cm³/mol. The molecule has 2 heterocycles. The van der Waals surface area contributed by atoms with Gasteiger partial charge in [0.25, 0.3) is 5.91 Å². The molecule has 0 saturated carbocycles. The van der Waals surface area contributed by atoms with Gasteiger partial charge < -0.3 is 9.47 Å². The van der Waals surface area contributed by atoms with Crippen LogP contribution in [-0.4, -0.2) is 44.8 Å². The lowest BCUT2D eigenvalue weighted by Gasteiger charge is -2.33. The highest BCUT2D eigenvalue weighted by Gasteiger charge is 2.41. The maximum absolute atomic E-state index is 12.8. The van der Waals surface area contributed by atoms with Crippen molar-refractivity contribution in [2.75, 3.05) is 29.5 Å². The van der Waals surface area contributed by atoms with E-state index < -0.39 is 15.6 Å². The van der Waals surface area contributed by atoms with Crippen molar-refractivity contribution in [2.24, 2.45) is 0 Å². The quantitative estimate of drug-likeness (QED) is 0.628. The number of carbonyl (C=O) groups is 1. The lowest BCUT2D eigenvalue weighted by Crippen LogP contribution is -2.52. The van der Waals surface area contributed by atoms with Gasteiger partial charge in [0.1, 0.15) is 6.61 Å². The fourth-order valence-corrected chi connectivity index (χ4v) is 4.20. The van der Waals surface area contributed by atoms with Crippen molar-refractivity contribution in [3.8, 4) is 22.8 Å². The molecule has 1 N–H and O–H groups in total. The van der Waals surface area contributed by atoms with E-state index in [0.29, 0.717) is 28.0 Å². The van der Waals surface area contributed by atoms with E-state index in [-0.39, 0.29) is 12.5 Å². The first-order valence-corrected chi connectivity index (χ1v) is 12.1. The number of para-hydroxylation sites is 2. The number of amides is 1. The van der Waals surface area contributed by atoms with Gasteiger partial charge in [-0.2, -0.15) is 0 Å². The maximum atomic E-state index is 12.8. The number of sulfonamides is 1. The van der Waals surface area contributed by atoms with E-state index in [1.54, 1.807) is 43.3 Å². The fraction of sp³-hybridized carbons (Fsp3) is 0.238. The highest BCUT2D eigenvalue weighted by atomic mass is 32.2. The summed E-state index contributed by atoms with van der Waals surface area (Å²) in [5.74, 6) is 0.771. The summed E-state index contributed by atoms with van der Waals surface area (Å²) in [5, 5.41) is 5.05. The minimum Gasteiger partial charge on any atom is -0.485 e. The number of hydrogen-bond donors (Lipinski definition) is 1. The number of hydrogen-bond acceptors (Lipinski definition) is 7. The largest absolute Gasteiger partial charge is 0.485 e. The first-order chi connectivity index (χ1) is 14.7. The van der Waals surface area contributed by atoms with Gasteiger partial charge in [0, 0.05) is 18.0 Å². The Morgan fingerprint density at radius 1 is 1.16 bits per heavy atom. The van der Waals surface area contributed by atoms with E-state index in [4.69, 9.17) is 9.47 Å². The molecule has 3 aromatic rings. The number of nitrogens with zero attached hydrogens (tertiary/aromatic N) is 2. The average Bonchev–Trinajstić information content (AvgIpc) is 3.21. The molecule has 10 heteroatoms. The van der Waals surface area contributed by atoms with Crippen LogP contribution in [0.25, 0.3) is 11.3 Å². The highest BCUT2D eigenvalue weighted by Crippen LogP contribution is 2.35. The van der Waals surface area contributed by atoms with Crippen LogP contribution in [0.15, 0.2) is 53.9 Å². The molecule has 1 aromatic heterocycles. The molecule has 162 valence electrons. The van der Waals surface area contributed by atoms with Crippen LogP contribution in [0.4, 0.5) is 10.8 Å². The normalized spacial score (nSPS) is 17.8. The third-order valence-electron chi connectivity index (χ3n) is 4.92. The third-order valence-corrected chi connectivity index (χ3v) is 6.88. The lowest BCUT2D eigenvalue weighted by molar-refractivity contribution is -0.134. The molecular formula is C21H21N3O5S2. The Morgan fingerprint density at radius 3 is 2.52 bits per heavy atom.